The van der Waals surface area contributed by atoms with Crippen LogP contribution in [0.2, 0.25) is 0 Å². The van der Waals surface area contributed by atoms with Crippen LogP contribution in [0.3, 0.4) is 0 Å². The Bertz CT molecular complexity index is 782. The van der Waals surface area contributed by atoms with Crippen LogP contribution >= 0.6 is 0 Å². The number of carbonyl (C=O) groups is 2. The molecule has 27 heavy (non-hydrogen) atoms. The Balaban J connectivity index is 1.46. The van der Waals surface area contributed by atoms with Crippen LogP contribution in [0.15, 0.2) is 48.5 Å². The van der Waals surface area contributed by atoms with Gasteiger partial charge in [-0.15, -0.1) is 0 Å². The number of rotatable bonds is 5. The molecule has 7 nitrogen and oxygen atoms in total. The molecule has 2 N–H and O–H groups in total. The average Bonchev–Trinajstić information content (AvgIpc) is 2.69. The Morgan fingerprint density at radius 3 is 2.22 bits per heavy atom. The highest BCUT2D eigenvalue weighted by atomic mass is 16.5. The number of aromatic hydroxyl groups is 1. The van der Waals surface area contributed by atoms with E-state index in [2.05, 4.69) is 19.9 Å². The van der Waals surface area contributed by atoms with Gasteiger partial charge in [-0.05, 0) is 48.5 Å². The van der Waals surface area contributed by atoms with Crippen molar-refractivity contribution in [3.63, 3.8) is 0 Å². The molecule has 1 saturated heterocycles. The fourth-order valence-corrected chi connectivity index (χ4v) is 3.04. The molecule has 0 saturated carbocycles. The molecule has 0 spiro atoms. The van der Waals surface area contributed by atoms with Gasteiger partial charge in [-0.25, -0.2) is 4.79 Å². The van der Waals surface area contributed by atoms with Gasteiger partial charge in [0.25, 0.3) is 0 Å². The molecule has 2 aromatic rings. The monoisotopic (exact) mass is 369 g/mol. The number of hydrogen-bond acceptors (Lipinski definition) is 6. The molecule has 2 aromatic carbocycles. The minimum atomic E-state index is -0.403. The number of nitrogens with zero attached hydrogens (tertiary/aromatic N) is 2. The number of esters is 1. The maximum atomic E-state index is 12.3. The molecule has 0 atom stereocenters. The molecule has 0 aliphatic carbocycles. The van der Waals surface area contributed by atoms with Gasteiger partial charge in [0.05, 0.1) is 19.2 Å². The fourth-order valence-electron chi connectivity index (χ4n) is 3.04. The summed E-state index contributed by atoms with van der Waals surface area (Å²) in [4.78, 5) is 28.0. The first-order valence-electron chi connectivity index (χ1n) is 8.80. The number of benzene rings is 2. The lowest BCUT2D eigenvalue weighted by Crippen LogP contribution is -2.48. The fraction of sp³-hybridized carbons (Fsp3) is 0.300. The molecule has 1 aliphatic heterocycles. The smallest absolute Gasteiger partial charge is 0.337 e. The molecule has 0 unspecified atom stereocenters. The maximum absolute atomic E-state index is 12.3. The highest BCUT2D eigenvalue weighted by Gasteiger charge is 2.19. The van der Waals surface area contributed by atoms with E-state index in [9.17, 15) is 14.7 Å². The lowest BCUT2D eigenvalue weighted by Gasteiger charge is -2.35. The van der Waals surface area contributed by atoms with Crippen molar-refractivity contribution < 1.29 is 19.4 Å². The number of amides is 1. The second-order valence-corrected chi connectivity index (χ2v) is 6.40. The quantitative estimate of drug-likeness (QED) is 0.784. The van der Waals surface area contributed by atoms with Crippen molar-refractivity contribution in [2.75, 3.05) is 50.1 Å². The lowest BCUT2D eigenvalue weighted by atomic mass is 10.2. The third kappa shape index (κ3) is 4.98. The predicted molar refractivity (Wildman–Crippen MR) is 103 cm³/mol. The number of ether oxygens (including phenoxy) is 1. The van der Waals surface area contributed by atoms with Gasteiger partial charge in [0.15, 0.2) is 0 Å². The van der Waals surface area contributed by atoms with E-state index in [0.717, 1.165) is 31.9 Å². The van der Waals surface area contributed by atoms with Crippen LogP contribution in [-0.4, -0.2) is 61.7 Å². The summed E-state index contributed by atoms with van der Waals surface area (Å²) in [7, 11) is 1.33. The van der Waals surface area contributed by atoms with E-state index in [-0.39, 0.29) is 11.7 Å². The number of anilines is 2. The third-order valence-corrected chi connectivity index (χ3v) is 4.54. The molecular weight excluding hydrogens is 346 g/mol. The number of phenols is 1. The van der Waals surface area contributed by atoms with Crippen LogP contribution in [0.25, 0.3) is 0 Å². The first-order chi connectivity index (χ1) is 13.0. The number of carbonyl (C=O) groups excluding carboxylic acids is 2. The molecule has 0 bridgehead atoms. The van der Waals surface area contributed by atoms with E-state index in [1.54, 1.807) is 36.4 Å². The Kier molecular flexibility index (Phi) is 5.93. The molecule has 1 fully saturated rings. The highest BCUT2D eigenvalue weighted by Crippen LogP contribution is 2.19. The predicted octanol–water partition coefficient (Wildman–Crippen LogP) is 1.94. The molecule has 3 rings (SSSR count). The van der Waals surface area contributed by atoms with Crippen molar-refractivity contribution in [3.05, 3.63) is 54.1 Å². The van der Waals surface area contributed by atoms with E-state index in [0.29, 0.717) is 17.8 Å². The largest absolute Gasteiger partial charge is 0.508 e. The Hall–Kier alpha value is -3.06. The van der Waals surface area contributed by atoms with Gasteiger partial charge >= 0.3 is 5.97 Å². The van der Waals surface area contributed by atoms with Crippen LogP contribution in [0.5, 0.6) is 5.75 Å². The molecule has 7 heteroatoms. The second-order valence-electron chi connectivity index (χ2n) is 6.40. The lowest BCUT2D eigenvalue weighted by molar-refractivity contribution is -0.117. The molecule has 0 radical (unpaired) electrons. The number of nitrogens with one attached hydrogen (secondary N) is 1. The summed E-state index contributed by atoms with van der Waals surface area (Å²) in [6.07, 6.45) is 0. The minimum Gasteiger partial charge on any atom is -0.508 e. The summed E-state index contributed by atoms with van der Waals surface area (Å²) in [5.41, 5.74) is 2.17. The first-order valence-corrected chi connectivity index (χ1v) is 8.80. The number of piperazine rings is 1. The van der Waals surface area contributed by atoms with Gasteiger partial charge in [-0.3, -0.25) is 9.69 Å². The van der Waals surface area contributed by atoms with Gasteiger partial charge in [0.2, 0.25) is 5.91 Å². The zero-order valence-corrected chi connectivity index (χ0v) is 15.2. The van der Waals surface area contributed by atoms with Gasteiger partial charge < -0.3 is 20.1 Å². The second kappa shape index (κ2) is 8.55. The summed E-state index contributed by atoms with van der Waals surface area (Å²) >= 11 is 0. The molecular formula is C20H23N3O4. The van der Waals surface area contributed by atoms with E-state index < -0.39 is 5.97 Å². The number of methoxy groups -OCH3 is 1. The number of hydrogen-bond donors (Lipinski definition) is 2. The molecule has 1 amide bonds. The SMILES string of the molecule is COC(=O)c1ccc(NC(=O)CN2CCN(c3ccc(O)cc3)CC2)cc1. The van der Waals surface area contributed by atoms with Gasteiger partial charge in [0, 0.05) is 37.6 Å². The summed E-state index contributed by atoms with van der Waals surface area (Å²) in [6.45, 7) is 3.55. The van der Waals surface area contributed by atoms with Crippen LogP contribution in [0, 0.1) is 0 Å². The summed E-state index contributed by atoms with van der Waals surface area (Å²) in [5, 5.41) is 12.2. The van der Waals surface area contributed by atoms with Gasteiger partial charge in [-0.1, -0.05) is 0 Å². The first kappa shape index (κ1) is 18.7. The normalized spacial score (nSPS) is 14.6. The summed E-state index contributed by atoms with van der Waals surface area (Å²) in [5.74, 6) is -0.230. The highest BCUT2D eigenvalue weighted by molar-refractivity contribution is 5.94. The van der Waals surface area contributed by atoms with Gasteiger partial charge in [-0.2, -0.15) is 0 Å². The van der Waals surface area contributed by atoms with E-state index in [1.807, 2.05) is 12.1 Å². The third-order valence-electron chi connectivity index (χ3n) is 4.54. The molecule has 1 aliphatic rings. The van der Waals surface area contributed by atoms with Crippen molar-refractivity contribution in [1.29, 1.82) is 0 Å². The zero-order valence-electron chi connectivity index (χ0n) is 15.2. The van der Waals surface area contributed by atoms with E-state index >= 15 is 0 Å². The molecule has 0 aromatic heterocycles. The van der Waals surface area contributed by atoms with Crippen molar-refractivity contribution in [2.45, 2.75) is 0 Å². The topological polar surface area (TPSA) is 82.1 Å². The van der Waals surface area contributed by atoms with Crippen LogP contribution in [-0.2, 0) is 9.53 Å². The van der Waals surface area contributed by atoms with Crippen LogP contribution < -0.4 is 10.2 Å². The number of phenolic OH excluding ortho intramolecular Hbond substituents is 1. The molecule has 1 heterocycles. The average molecular weight is 369 g/mol. The van der Waals surface area contributed by atoms with Crippen LogP contribution in [0.1, 0.15) is 10.4 Å². The maximum Gasteiger partial charge on any atom is 0.337 e. The van der Waals surface area contributed by atoms with Crippen molar-refractivity contribution >= 4 is 23.3 Å². The summed E-state index contributed by atoms with van der Waals surface area (Å²) in [6, 6.07) is 13.8. The Morgan fingerprint density at radius 1 is 1.00 bits per heavy atom. The van der Waals surface area contributed by atoms with Crippen LogP contribution in [0.4, 0.5) is 11.4 Å². The minimum absolute atomic E-state index is 0.0844. The van der Waals surface area contributed by atoms with E-state index in [4.69, 9.17) is 0 Å². The molecule has 142 valence electrons. The summed E-state index contributed by atoms with van der Waals surface area (Å²) < 4.78 is 4.65. The van der Waals surface area contributed by atoms with Crippen molar-refractivity contribution in [2.24, 2.45) is 0 Å². The van der Waals surface area contributed by atoms with Crippen molar-refractivity contribution in [1.82, 2.24) is 4.90 Å². The standard InChI is InChI=1S/C20H23N3O4/c1-27-20(26)15-2-4-16(5-3-15)21-19(25)14-22-10-12-23(13-11-22)17-6-8-18(24)9-7-17/h2-9,24H,10-14H2,1H3,(H,21,25). The zero-order chi connectivity index (χ0) is 19.2. The van der Waals surface area contributed by atoms with Gasteiger partial charge in [0.1, 0.15) is 5.75 Å². The Morgan fingerprint density at radius 2 is 1.63 bits per heavy atom. The van der Waals surface area contributed by atoms with E-state index in [1.165, 1.54) is 7.11 Å². The van der Waals surface area contributed by atoms with Crippen molar-refractivity contribution in [3.8, 4) is 5.75 Å². The Labute approximate surface area is 158 Å².